The van der Waals surface area contributed by atoms with Gasteiger partial charge in [0.1, 0.15) is 0 Å². The van der Waals surface area contributed by atoms with Crippen molar-refractivity contribution < 1.29 is 4.74 Å². The van der Waals surface area contributed by atoms with E-state index in [4.69, 9.17) is 9.73 Å². The molecule has 0 saturated carbocycles. The summed E-state index contributed by atoms with van der Waals surface area (Å²) in [5.41, 5.74) is 2.60. The second-order valence-electron chi connectivity index (χ2n) is 8.18. The monoisotopic (exact) mass is 523 g/mol. The Hall–Kier alpha value is -1.61. The molecule has 0 aliphatic carbocycles. The van der Waals surface area contributed by atoms with E-state index in [0.29, 0.717) is 11.8 Å². The van der Waals surface area contributed by atoms with Crippen LogP contribution in [0.25, 0.3) is 0 Å². The molecule has 1 aromatic heterocycles. The Balaban J connectivity index is 0.00000256. The number of benzene rings is 1. The summed E-state index contributed by atoms with van der Waals surface area (Å²) in [6.45, 7) is 6.71. The summed E-state index contributed by atoms with van der Waals surface area (Å²) in [5.74, 6) is 2.00. The van der Waals surface area contributed by atoms with Crippen molar-refractivity contribution in [2.24, 2.45) is 18.0 Å². The molecule has 4 rings (SSSR count). The van der Waals surface area contributed by atoms with Crippen molar-refractivity contribution in [3.63, 3.8) is 0 Å². The van der Waals surface area contributed by atoms with Crippen LogP contribution in [0.15, 0.2) is 47.7 Å². The summed E-state index contributed by atoms with van der Waals surface area (Å²) in [4.78, 5) is 7.46. The molecule has 2 aliphatic rings. The number of nitrogens with one attached hydrogen (secondary N) is 1. The fourth-order valence-electron chi connectivity index (χ4n) is 4.55. The van der Waals surface area contributed by atoms with Crippen LogP contribution in [-0.4, -0.2) is 53.4 Å². The first kappa shape index (κ1) is 23.1. The number of likely N-dealkylation sites (tertiary alicyclic amines) is 1. The topological polar surface area (TPSA) is 54.7 Å². The third-order valence-electron chi connectivity index (χ3n) is 6.07. The van der Waals surface area contributed by atoms with E-state index in [1.54, 1.807) is 0 Å². The number of aryl methyl sites for hydroxylation is 1. The lowest BCUT2D eigenvalue weighted by Gasteiger charge is -2.32. The largest absolute Gasteiger partial charge is 0.373 e. The van der Waals surface area contributed by atoms with Crippen molar-refractivity contribution in [2.45, 2.75) is 38.2 Å². The highest BCUT2D eigenvalue weighted by atomic mass is 127. The highest BCUT2D eigenvalue weighted by Crippen LogP contribution is 2.34. The van der Waals surface area contributed by atoms with E-state index < -0.39 is 0 Å². The quantitative estimate of drug-likeness (QED) is 0.366. The molecule has 3 atom stereocenters. The van der Waals surface area contributed by atoms with Crippen molar-refractivity contribution in [3.8, 4) is 0 Å². The third-order valence-corrected chi connectivity index (χ3v) is 6.07. The normalized spacial score (nSPS) is 24.5. The molecule has 3 unspecified atom stereocenters. The Morgan fingerprint density at radius 2 is 2.07 bits per heavy atom. The number of halogens is 1. The number of aromatic nitrogens is 2. The lowest BCUT2D eigenvalue weighted by Crippen LogP contribution is -2.40. The van der Waals surface area contributed by atoms with E-state index in [-0.39, 0.29) is 30.1 Å². The van der Waals surface area contributed by atoms with Gasteiger partial charge in [0, 0.05) is 57.9 Å². The van der Waals surface area contributed by atoms with Gasteiger partial charge in [0.25, 0.3) is 0 Å². The maximum atomic E-state index is 6.16. The van der Waals surface area contributed by atoms with Crippen molar-refractivity contribution >= 4 is 29.9 Å². The summed E-state index contributed by atoms with van der Waals surface area (Å²) >= 11 is 0. The Morgan fingerprint density at radius 3 is 2.80 bits per heavy atom. The van der Waals surface area contributed by atoms with Gasteiger partial charge in [0.15, 0.2) is 5.96 Å². The van der Waals surface area contributed by atoms with Crippen LogP contribution >= 0.6 is 24.0 Å². The predicted octanol–water partition coefficient (Wildman–Crippen LogP) is 3.96. The number of ether oxygens (including phenoxy) is 1. The van der Waals surface area contributed by atoms with Crippen molar-refractivity contribution in [2.75, 3.05) is 32.8 Å². The van der Waals surface area contributed by atoms with E-state index in [1.165, 1.54) is 17.5 Å². The maximum Gasteiger partial charge on any atom is 0.193 e. The zero-order valence-corrected chi connectivity index (χ0v) is 20.4. The molecular formula is C23H34IN5O. The SMILES string of the molecule is CCNC(=NCC1CCCOC1c1ccccc1)N1CCC(c2cnn(C)c2)C1.I. The molecular weight excluding hydrogens is 489 g/mol. The molecule has 1 N–H and O–H groups in total. The Kier molecular flexibility index (Phi) is 8.56. The number of guanidine groups is 1. The molecule has 0 bridgehead atoms. The predicted molar refractivity (Wildman–Crippen MR) is 131 cm³/mol. The Morgan fingerprint density at radius 1 is 1.23 bits per heavy atom. The van der Waals surface area contributed by atoms with Crippen molar-refractivity contribution in [1.29, 1.82) is 0 Å². The molecule has 2 aliphatic heterocycles. The first-order valence-corrected chi connectivity index (χ1v) is 10.9. The second-order valence-corrected chi connectivity index (χ2v) is 8.18. The lowest BCUT2D eigenvalue weighted by molar-refractivity contribution is -0.0250. The van der Waals surface area contributed by atoms with Gasteiger partial charge in [-0.1, -0.05) is 30.3 Å². The molecule has 6 nitrogen and oxygen atoms in total. The molecule has 30 heavy (non-hydrogen) atoms. The lowest BCUT2D eigenvalue weighted by atomic mass is 9.89. The highest BCUT2D eigenvalue weighted by Gasteiger charge is 2.29. The van der Waals surface area contributed by atoms with Gasteiger partial charge in [-0.3, -0.25) is 9.67 Å². The minimum absolute atomic E-state index is 0. The molecule has 2 aromatic rings. The summed E-state index contributed by atoms with van der Waals surface area (Å²) in [6, 6.07) is 10.6. The van der Waals surface area contributed by atoms with Crippen LogP contribution in [0, 0.1) is 5.92 Å². The van der Waals surface area contributed by atoms with Gasteiger partial charge in [-0.25, -0.2) is 0 Å². The van der Waals surface area contributed by atoms with Crippen LogP contribution < -0.4 is 5.32 Å². The minimum atomic E-state index is 0. The van der Waals surface area contributed by atoms with Gasteiger partial charge in [-0.15, -0.1) is 24.0 Å². The van der Waals surface area contributed by atoms with E-state index in [2.05, 4.69) is 58.8 Å². The molecule has 0 spiro atoms. The Bertz CT molecular complexity index is 809. The smallest absolute Gasteiger partial charge is 0.193 e. The van der Waals surface area contributed by atoms with Crippen LogP contribution in [0.1, 0.15) is 49.3 Å². The van der Waals surface area contributed by atoms with Gasteiger partial charge in [0.05, 0.1) is 12.3 Å². The average molecular weight is 523 g/mol. The average Bonchev–Trinajstić information content (AvgIpc) is 3.41. The third kappa shape index (κ3) is 5.55. The van der Waals surface area contributed by atoms with Crippen LogP contribution in [-0.2, 0) is 11.8 Å². The van der Waals surface area contributed by atoms with E-state index >= 15 is 0 Å². The summed E-state index contributed by atoms with van der Waals surface area (Å²) < 4.78 is 8.05. The highest BCUT2D eigenvalue weighted by molar-refractivity contribution is 14.0. The van der Waals surface area contributed by atoms with Gasteiger partial charge >= 0.3 is 0 Å². The van der Waals surface area contributed by atoms with E-state index in [9.17, 15) is 0 Å². The minimum Gasteiger partial charge on any atom is -0.373 e. The zero-order valence-electron chi connectivity index (χ0n) is 18.0. The molecule has 0 radical (unpaired) electrons. The molecule has 2 fully saturated rings. The van der Waals surface area contributed by atoms with E-state index in [1.807, 2.05) is 17.9 Å². The molecule has 0 amide bonds. The van der Waals surface area contributed by atoms with Gasteiger partial charge < -0.3 is 15.0 Å². The second kappa shape index (κ2) is 11.1. The summed E-state index contributed by atoms with van der Waals surface area (Å²) in [5, 5.41) is 7.85. The molecule has 3 heterocycles. The molecule has 1 aromatic carbocycles. The van der Waals surface area contributed by atoms with Gasteiger partial charge in [-0.2, -0.15) is 5.10 Å². The van der Waals surface area contributed by atoms with Crippen molar-refractivity contribution in [3.05, 3.63) is 53.9 Å². The number of hydrogen-bond acceptors (Lipinski definition) is 3. The summed E-state index contributed by atoms with van der Waals surface area (Å²) in [7, 11) is 1.98. The standard InChI is InChI=1S/C23H33N5O.HI/c1-3-24-23(28-12-11-20(17-28)21-15-26-27(2)16-21)25-14-19-10-7-13-29-22(19)18-8-5-4-6-9-18;/h4-6,8-9,15-16,19-20,22H,3,7,10-14,17H2,1-2H3,(H,24,25);1H. The molecule has 164 valence electrons. The summed E-state index contributed by atoms with van der Waals surface area (Å²) in [6.07, 6.45) is 7.73. The Labute approximate surface area is 197 Å². The van der Waals surface area contributed by atoms with Crippen LogP contribution in [0.5, 0.6) is 0 Å². The fourth-order valence-corrected chi connectivity index (χ4v) is 4.55. The fraction of sp³-hybridized carbons (Fsp3) is 0.565. The maximum absolute atomic E-state index is 6.16. The van der Waals surface area contributed by atoms with Crippen LogP contribution in [0.4, 0.5) is 0 Å². The molecule has 2 saturated heterocycles. The molecule has 7 heteroatoms. The van der Waals surface area contributed by atoms with Gasteiger partial charge in [-0.05, 0) is 37.3 Å². The first-order chi connectivity index (χ1) is 14.2. The van der Waals surface area contributed by atoms with Gasteiger partial charge in [0.2, 0.25) is 0 Å². The zero-order chi connectivity index (χ0) is 20.1. The number of hydrogen-bond donors (Lipinski definition) is 1. The van der Waals surface area contributed by atoms with Crippen LogP contribution in [0.3, 0.4) is 0 Å². The van der Waals surface area contributed by atoms with E-state index in [0.717, 1.165) is 51.6 Å². The number of aliphatic imine (C=N–C) groups is 1. The number of nitrogens with zero attached hydrogens (tertiary/aromatic N) is 4. The van der Waals surface area contributed by atoms with Crippen LogP contribution in [0.2, 0.25) is 0 Å². The van der Waals surface area contributed by atoms with Crippen molar-refractivity contribution in [1.82, 2.24) is 20.0 Å². The first-order valence-electron chi connectivity index (χ1n) is 10.9. The number of rotatable bonds is 5.